The largest absolute Gasteiger partial charge is 0.465 e. The molecule has 0 radical (unpaired) electrons. The number of likely N-dealkylation sites (tertiary alicyclic amines) is 1. The summed E-state index contributed by atoms with van der Waals surface area (Å²) in [4.78, 5) is 14.2. The van der Waals surface area contributed by atoms with Crippen LogP contribution in [-0.4, -0.2) is 75.6 Å². The zero-order valence-electron chi connectivity index (χ0n) is 13.9. The zero-order valence-corrected chi connectivity index (χ0v) is 13.9. The SMILES string of the molecule is CCOC(=O)C(CCN1CC(OC)C(OC)C1)NC(C)C. The maximum atomic E-state index is 12.0. The van der Waals surface area contributed by atoms with Gasteiger partial charge in [0.2, 0.25) is 0 Å². The number of hydrogen-bond donors (Lipinski definition) is 1. The summed E-state index contributed by atoms with van der Waals surface area (Å²) >= 11 is 0. The van der Waals surface area contributed by atoms with E-state index in [1.165, 1.54) is 0 Å². The van der Waals surface area contributed by atoms with Crippen molar-refractivity contribution in [3.63, 3.8) is 0 Å². The van der Waals surface area contributed by atoms with Gasteiger partial charge in [-0.05, 0) is 13.3 Å². The normalized spacial score (nSPS) is 24.5. The molecule has 0 bridgehead atoms. The fourth-order valence-corrected chi connectivity index (χ4v) is 2.68. The molecule has 0 aliphatic carbocycles. The van der Waals surface area contributed by atoms with Gasteiger partial charge >= 0.3 is 5.97 Å². The molecular formula is C15H30N2O4. The first-order valence-corrected chi connectivity index (χ1v) is 7.72. The number of methoxy groups -OCH3 is 2. The first-order chi connectivity index (χ1) is 10.0. The third-order valence-corrected chi connectivity index (χ3v) is 3.74. The summed E-state index contributed by atoms with van der Waals surface area (Å²) in [6, 6.07) is -0.0102. The predicted molar refractivity (Wildman–Crippen MR) is 81.3 cm³/mol. The highest BCUT2D eigenvalue weighted by atomic mass is 16.5. The average molecular weight is 302 g/mol. The lowest BCUT2D eigenvalue weighted by molar-refractivity contribution is -0.146. The molecule has 0 spiro atoms. The molecule has 3 atom stereocenters. The molecule has 1 aliphatic rings. The summed E-state index contributed by atoms with van der Waals surface area (Å²) < 4.78 is 16.0. The van der Waals surface area contributed by atoms with Crippen LogP contribution in [0.2, 0.25) is 0 Å². The zero-order chi connectivity index (χ0) is 15.8. The van der Waals surface area contributed by atoms with Crippen molar-refractivity contribution in [3.8, 4) is 0 Å². The summed E-state index contributed by atoms with van der Waals surface area (Å²) in [5, 5.41) is 3.28. The molecule has 1 N–H and O–H groups in total. The Labute approximate surface area is 128 Å². The van der Waals surface area contributed by atoms with E-state index in [0.29, 0.717) is 6.61 Å². The van der Waals surface area contributed by atoms with Crippen LogP contribution in [-0.2, 0) is 19.0 Å². The van der Waals surface area contributed by atoms with E-state index in [4.69, 9.17) is 14.2 Å². The molecule has 3 unspecified atom stereocenters. The van der Waals surface area contributed by atoms with Gasteiger partial charge in [-0.3, -0.25) is 9.69 Å². The van der Waals surface area contributed by atoms with Crippen molar-refractivity contribution in [1.82, 2.24) is 10.2 Å². The number of ether oxygens (including phenoxy) is 3. The van der Waals surface area contributed by atoms with Gasteiger partial charge in [0.15, 0.2) is 0 Å². The van der Waals surface area contributed by atoms with Gasteiger partial charge in [0.05, 0.1) is 18.8 Å². The third-order valence-electron chi connectivity index (χ3n) is 3.74. The maximum Gasteiger partial charge on any atom is 0.323 e. The van der Waals surface area contributed by atoms with Gasteiger partial charge in [-0.15, -0.1) is 0 Å². The van der Waals surface area contributed by atoms with Crippen molar-refractivity contribution in [2.45, 2.75) is 51.5 Å². The Morgan fingerprint density at radius 1 is 1.24 bits per heavy atom. The molecule has 124 valence electrons. The highest BCUT2D eigenvalue weighted by Gasteiger charge is 2.33. The van der Waals surface area contributed by atoms with Crippen molar-refractivity contribution in [2.24, 2.45) is 0 Å². The Morgan fingerprint density at radius 2 is 1.81 bits per heavy atom. The van der Waals surface area contributed by atoms with Crippen LogP contribution in [0.5, 0.6) is 0 Å². The first-order valence-electron chi connectivity index (χ1n) is 7.72. The Morgan fingerprint density at radius 3 is 2.24 bits per heavy atom. The molecule has 21 heavy (non-hydrogen) atoms. The highest BCUT2D eigenvalue weighted by Crippen LogP contribution is 2.16. The van der Waals surface area contributed by atoms with E-state index >= 15 is 0 Å². The summed E-state index contributed by atoms with van der Waals surface area (Å²) in [5.41, 5.74) is 0. The number of hydrogen-bond acceptors (Lipinski definition) is 6. The van der Waals surface area contributed by atoms with Gasteiger partial charge in [-0.25, -0.2) is 0 Å². The van der Waals surface area contributed by atoms with E-state index in [2.05, 4.69) is 10.2 Å². The molecule has 6 heteroatoms. The third kappa shape index (κ3) is 5.90. The quantitative estimate of drug-likeness (QED) is 0.631. The van der Waals surface area contributed by atoms with Crippen molar-refractivity contribution >= 4 is 5.97 Å². The summed E-state index contributed by atoms with van der Waals surface area (Å²) in [7, 11) is 3.42. The molecule has 0 amide bonds. The lowest BCUT2D eigenvalue weighted by Crippen LogP contribution is -2.44. The number of carbonyl (C=O) groups excluding carboxylic acids is 1. The standard InChI is InChI=1S/C15H30N2O4/c1-6-21-15(18)12(16-11(2)3)7-8-17-9-13(19-4)14(10-17)20-5/h11-14,16H,6-10H2,1-5H3. The highest BCUT2D eigenvalue weighted by molar-refractivity contribution is 5.75. The molecule has 1 fully saturated rings. The van der Waals surface area contributed by atoms with Gasteiger partial charge in [0, 0.05) is 39.9 Å². The molecule has 1 rings (SSSR count). The van der Waals surface area contributed by atoms with Gasteiger partial charge in [0.1, 0.15) is 6.04 Å². The van der Waals surface area contributed by atoms with Gasteiger partial charge in [-0.1, -0.05) is 13.8 Å². The van der Waals surface area contributed by atoms with E-state index in [9.17, 15) is 4.79 Å². The minimum atomic E-state index is -0.257. The van der Waals surface area contributed by atoms with Crippen molar-refractivity contribution < 1.29 is 19.0 Å². The molecule has 0 aromatic heterocycles. The Hall–Kier alpha value is -0.690. The summed E-state index contributed by atoms with van der Waals surface area (Å²) in [6.45, 7) is 8.81. The second-order valence-corrected chi connectivity index (χ2v) is 5.72. The van der Waals surface area contributed by atoms with E-state index in [1.807, 2.05) is 20.8 Å². The average Bonchev–Trinajstić information content (AvgIpc) is 2.85. The smallest absolute Gasteiger partial charge is 0.323 e. The first kappa shape index (κ1) is 18.4. The van der Waals surface area contributed by atoms with Crippen LogP contribution in [0.4, 0.5) is 0 Å². The number of nitrogens with one attached hydrogen (secondary N) is 1. The molecular weight excluding hydrogens is 272 g/mol. The molecule has 1 aliphatic heterocycles. The van der Waals surface area contributed by atoms with Crippen LogP contribution >= 0.6 is 0 Å². The monoisotopic (exact) mass is 302 g/mol. The van der Waals surface area contributed by atoms with Gasteiger partial charge in [-0.2, -0.15) is 0 Å². The van der Waals surface area contributed by atoms with Crippen molar-refractivity contribution in [3.05, 3.63) is 0 Å². The molecule has 0 saturated carbocycles. The topological polar surface area (TPSA) is 60.0 Å². The van der Waals surface area contributed by atoms with Crippen LogP contribution in [0.1, 0.15) is 27.2 Å². The molecule has 1 saturated heterocycles. The molecule has 0 aromatic rings. The van der Waals surface area contributed by atoms with Crippen LogP contribution in [0.3, 0.4) is 0 Å². The predicted octanol–water partition coefficient (Wildman–Crippen LogP) is 0.652. The van der Waals surface area contributed by atoms with Crippen LogP contribution in [0.15, 0.2) is 0 Å². The van der Waals surface area contributed by atoms with Crippen LogP contribution < -0.4 is 5.32 Å². The number of rotatable bonds is 9. The van der Waals surface area contributed by atoms with Crippen molar-refractivity contribution in [1.29, 1.82) is 0 Å². The van der Waals surface area contributed by atoms with Gasteiger partial charge < -0.3 is 19.5 Å². The number of esters is 1. The second-order valence-electron chi connectivity index (χ2n) is 5.72. The Bertz CT molecular complexity index is 300. The second kappa shape index (κ2) is 9.35. The minimum absolute atomic E-state index is 0.106. The van der Waals surface area contributed by atoms with Crippen LogP contribution in [0.25, 0.3) is 0 Å². The lowest BCUT2D eigenvalue weighted by atomic mass is 10.1. The molecule has 0 aromatic carbocycles. The van der Waals surface area contributed by atoms with E-state index in [-0.39, 0.29) is 30.3 Å². The van der Waals surface area contributed by atoms with Crippen molar-refractivity contribution in [2.75, 3.05) is 40.5 Å². The van der Waals surface area contributed by atoms with E-state index in [0.717, 1.165) is 26.1 Å². The lowest BCUT2D eigenvalue weighted by Gasteiger charge is -2.22. The number of carbonyl (C=O) groups is 1. The number of nitrogens with zero attached hydrogens (tertiary/aromatic N) is 1. The summed E-state index contributed by atoms with van der Waals surface area (Å²) in [6.07, 6.45) is 0.937. The summed E-state index contributed by atoms with van der Waals surface area (Å²) in [5.74, 6) is -0.169. The van der Waals surface area contributed by atoms with E-state index < -0.39 is 0 Å². The van der Waals surface area contributed by atoms with Gasteiger partial charge in [0.25, 0.3) is 0 Å². The Kier molecular flexibility index (Phi) is 8.18. The Balaban J connectivity index is 2.47. The molecule has 1 heterocycles. The molecule has 6 nitrogen and oxygen atoms in total. The fraction of sp³-hybridized carbons (Fsp3) is 0.933. The minimum Gasteiger partial charge on any atom is -0.465 e. The van der Waals surface area contributed by atoms with Crippen LogP contribution in [0, 0.1) is 0 Å². The fourth-order valence-electron chi connectivity index (χ4n) is 2.68. The maximum absolute atomic E-state index is 12.0. The van der Waals surface area contributed by atoms with E-state index in [1.54, 1.807) is 14.2 Å².